The van der Waals surface area contributed by atoms with E-state index in [9.17, 15) is 17.6 Å². The molecule has 0 aliphatic rings. The Morgan fingerprint density at radius 2 is 2.04 bits per heavy atom. The second-order valence-corrected chi connectivity index (χ2v) is 8.37. The van der Waals surface area contributed by atoms with Gasteiger partial charge in [-0.25, -0.2) is 17.5 Å². The largest absolute Gasteiger partial charge is 0.489 e. The van der Waals surface area contributed by atoms with E-state index in [4.69, 9.17) is 27.9 Å². The lowest BCUT2D eigenvalue weighted by molar-refractivity contribution is 0.0977. The molecule has 25 heavy (non-hydrogen) atoms. The van der Waals surface area contributed by atoms with E-state index < -0.39 is 27.3 Å². The van der Waals surface area contributed by atoms with Crippen molar-refractivity contribution in [2.75, 3.05) is 6.26 Å². The summed E-state index contributed by atoms with van der Waals surface area (Å²) in [6, 6.07) is 1.99. The summed E-state index contributed by atoms with van der Waals surface area (Å²) in [5.74, 6) is -1.94. The predicted molar refractivity (Wildman–Crippen MR) is 97.2 cm³/mol. The highest BCUT2D eigenvalue weighted by atomic mass is 35.5. The molecular weight excluding hydrogens is 392 g/mol. The van der Waals surface area contributed by atoms with Crippen molar-refractivity contribution in [3.8, 4) is 5.75 Å². The highest BCUT2D eigenvalue weighted by Gasteiger charge is 2.22. The van der Waals surface area contributed by atoms with Crippen molar-refractivity contribution < 1.29 is 22.3 Å². The van der Waals surface area contributed by atoms with E-state index in [1.807, 2.05) is 6.92 Å². The van der Waals surface area contributed by atoms with Gasteiger partial charge in [-0.1, -0.05) is 36.7 Å². The van der Waals surface area contributed by atoms with Gasteiger partial charge >= 0.3 is 0 Å². The van der Waals surface area contributed by atoms with Crippen molar-refractivity contribution >= 4 is 39.1 Å². The fourth-order valence-electron chi connectivity index (χ4n) is 2.24. The quantitative estimate of drug-likeness (QED) is 0.698. The van der Waals surface area contributed by atoms with Crippen LogP contribution in [-0.2, 0) is 10.0 Å². The molecule has 0 aliphatic heterocycles. The van der Waals surface area contributed by atoms with Gasteiger partial charge in [0.1, 0.15) is 11.6 Å². The summed E-state index contributed by atoms with van der Waals surface area (Å²) in [5.41, 5.74) is -0.489. The molecule has 140 valence electrons. The van der Waals surface area contributed by atoms with Crippen LogP contribution in [0.2, 0.25) is 5.02 Å². The third-order valence-corrected chi connectivity index (χ3v) is 4.53. The fourth-order valence-corrected chi connectivity index (χ4v) is 3.09. The number of carbonyl (C=O) groups is 1. The molecule has 1 N–H and O–H groups in total. The lowest BCUT2D eigenvalue weighted by Gasteiger charge is -2.24. The molecule has 0 bridgehead atoms. The normalized spacial score (nSPS) is 13.8. The van der Waals surface area contributed by atoms with Crippen LogP contribution in [0.5, 0.6) is 5.75 Å². The van der Waals surface area contributed by atoms with Gasteiger partial charge in [0, 0.05) is 17.0 Å². The first-order valence-corrected chi connectivity index (χ1v) is 10.1. The van der Waals surface area contributed by atoms with Crippen LogP contribution < -0.4 is 9.46 Å². The standard InChI is InChI=1S/C16H20Cl2FNO4S/c1-5-11(6-9(2)17)10(3)24-15-8-14(19)12(7-13(15)18)16(21)20-25(4,22)23/h7-8,10-11H,2,5-6H2,1,3-4H3,(H,20,21)/t10-,11?/m1/s1. The zero-order valence-corrected chi connectivity index (χ0v) is 16.4. The number of nitrogens with one attached hydrogen (secondary N) is 1. The first kappa shape index (κ1) is 21.7. The van der Waals surface area contributed by atoms with Gasteiger partial charge in [0.25, 0.3) is 5.91 Å². The van der Waals surface area contributed by atoms with Crippen molar-refractivity contribution in [3.05, 3.63) is 40.1 Å². The number of sulfonamides is 1. The molecule has 1 rings (SSSR count). The first-order chi connectivity index (χ1) is 11.4. The lowest BCUT2D eigenvalue weighted by atomic mass is 9.96. The molecule has 0 saturated carbocycles. The monoisotopic (exact) mass is 411 g/mol. The van der Waals surface area contributed by atoms with Gasteiger partial charge in [-0.3, -0.25) is 4.79 Å². The third-order valence-electron chi connectivity index (χ3n) is 3.53. The molecule has 1 amide bonds. The minimum absolute atomic E-state index is 0.00791. The minimum Gasteiger partial charge on any atom is -0.489 e. The molecule has 0 spiro atoms. The number of hydrogen-bond acceptors (Lipinski definition) is 4. The van der Waals surface area contributed by atoms with E-state index in [2.05, 4.69) is 6.58 Å². The predicted octanol–water partition coefficient (Wildman–Crippen LogP) is 4.10. The van der Waals surface area contributed by atoms with E-state index in [1.54, 1.807) is 11.6 Å². The molecule has 0 aliphatic carbocycles. The van der Waals surface area contributed by atoms with Gasteiger partial charge in [0.05, 0.1) is 22.9 Å². The Bertz CT molecular complexity index is 768. The summed E-state index contributed by atoms with van der Waals surface area (Å²) < 4.78 is 43.7. The van der Waals surface area contributed by atoms with Gasteiger partial charge < -0.3 is 4.74 Å². The van der Waals surface area contributed by atoms with Crippen LogP contribution in [0, 0.1) is 11.7 Å². The van der Waals surface area contributed by atoms with E-state index in [0.717, 1.165) is 24.8 Å². The summed E-state index contributed by atoms with van der Waals surface area (Å²) in [4.78, 5) is 11.8. The molecule has 0 aromatic heterocycles. The number of ether oxygens (including phenoxy) is 1. The number of benzene rings is 1. The molecule has 0 radical (unpaired) electrons. The van der Waals surface area contributed by atoms with Crippen LogP contribution in [0.3, 0.4) is 0 Å². The number of amides is 1. The Morgan fingerprint density at radius 3 is 2.52 bits per heavy atom. The maximum atomic E-state index is 14.2. The number of carbonyl (C=O) groups excluding carboxylic acids is 1. The van der Waals surface area contributed by atoms with Crippen molar-refractivity contribution in [3.63, 3.8) is 0 Å². The van der Waals surface area contributed by atoms with Gasteiger partial charge in [0.2, 0.25) is 10.0 Å². The smallest absolute Gasteiger partial charge is 0.267 e. The summed E-state index contributed by atoms with van der Waals surface area (Å²) in [5, 5.41) is 0.485. The molecule has 1 aromatic rings. The summed E-state index contributed by atoms with van der Waals surface area (Å²) in [6.07, 6.45) is 1.77. The number of rotatable bonds is 8. The number of hydrogen-bond donors (Lipinski definition) is 1. The Morgan fingerprint density at radius 1 is 1.44 bits per heavy atom. The van der Waals surface area contributed by atoms with Gasteiger partial charge in [0.15, 0.2) is 0 Å². The van der Waals surface area contributed by atoms with Crippen molar-refractivity contribution in [2.45, 2.75) is 32.8 Å². The average Bonchev–Trinajstić information content (AvgIpc) is 2.45. The van der Waals surface area contributed by atoms with Crippen LogP contribution in [0.25, 0.3) is 0 Å². The third kappa shape index (κ3) is 6.84. The van der Waals surface area contributed by atoms with Gasteiger partial charge in [-0.05, 0) is 25.8 Å². The number of allylic oxidation sites excluding steroid dienone is 1. The minimum atomic E-state index is -3.82. The Balaban J connectivity index is 3.02. The van der Waals surface area contributed by atoms with E-state index in [1.165, 1.54) is 0 Å². The number of halogens is 3. The van der Waals surface area contributed by atoms with Crippen molar-refractivity contribution in [2.24, 2.45) is 5.92 Å². The summed E-state index contributed by atoms with van der Waals surface area (Å²) in [6.45, 7) is 7.42. The van der Waals surface area contributed by atoms with E-state index in [0.29, 0.717) is 11.5 Å². The second-order valence-electron chi connectivity index (χ2n) is 5.68. The topological polar surface area (TPSA) is 72.5 Å². The van der Waals surface area contributed by atoms with Crippen molar-refractivity contribution in [1.29, 1.82) is 0 Å². The maximum absolute atomic E-state index is 14.2. The van der Waals surface area contributed by atoms with Gasteiger partial charge in [-0.15, -0.1) is 0 Å². The second kappa shape index (κ2) is 8.87. The highest BCUT2D eigenvalue weighted by Crippen LogP contribution is 2.31. The molecule has 2 atom stereocenters. The molecule has 1 aromatic carbocycles. The molecular formula is C16H20Cl2FNO4S. The molecule has 9 heteroatoms. The SMILES string of the molecule is C=C(Cl)CC(CC)[C@@H](C)Oc1cc(F)c(C(=O)NS(C)(=O)=O)cc1Cl. The van der Waals surface area contributed by atoms with Crippen LogP contribution >= 0.6 is 23.2 Å². The van der Waals surface area contributed by atoms with Crippen LogP contribution in [0.1, 0.15) is 37.0 Å². The Kier molecular flexibility index (Phi) is 7.71. The lowest BCUT2D eigenvalue weighted by Crippen LogP contribution is -2.30. The Labute approximate surface area is 157 Å². The van der Waals surface area contributed by atoms with Gasteiger partial charge in [-0.2, -0.15) is 0 Å². The van der Waals surface area contributed by atoms with Crippen LogP contribution in [0.15, 0.2) is 23.7 Å². The average molecular weight is 412 g/mol. The molecule has 0 heterocycles. The van der Waals surface area contributed by atoms with Crippen LogP contribution in [-0.4, -0.2) is 26.7 Å². The van der Waals surface area contributed by atoms with Crippen LogP contribution in [0.4, 0.5) is 4.39 Å². The molecule has 5 nitrogen and oxygen atoms in total. The zero-order valence-electron chi connectivity index (χ0n) is 14.1. The molecule has 0 saturated heterocycles. The Hall–Kier alpha value is -1.31. The van der Waals surface area contributed by atoms with Crippen molar-refractivity contribution in [1.82, 2.24) is 4.72 Å². The summed E-state index contributed by atoms with van der Waals surface area (Å²) in [7, 11) is -3.82. The fraction of sp³-hybridized carbons (Fsp3) is 0.438. The van der Waals surface area contributed by atoms with E-state index in [-0.39, 0.29) is 22.8 Å². The van der Waals surface area contributed by atoms with E-state index >= 15 is 0 Å². The molecule has 1 unspecified atom stereocenters. The highest BCUT2D eigenvalue weighted by molar-refractivity contribution is 7.89. The maximum Gasteiger partial charge on any atom is 0.267 e. The first-order valence-electron chi connectivity index (χ1n) is 7.45. The zero-order chi connectivity index (χ0) is 19.4. The summed E-state index contributed by atoms with van der Waals surface area (Å²) >= 11 is 11.9. The molecule has 0 fully saturated rings.